The average Bonchev–Trinajstić information content (AvgIpc) is 3.10. The van der Waals surface area contributed by atoms with E-state index in [1.54, 1.807) is 0 Å². The smallest absolute Gasteiger partial charge is 0.224 e. The van der Waals surface area contributed by atoms with Gasteiger partial charge in [-0.3, -0.25) is 4.90 Å². The van der Waals surface area contributed by atoms with Crippen LogP contribution < -0.4 is 10.2 Å². The minimum atomic E-state index is -0.0983. The Kier molecular flexibility index (Phi) is 8.13. The third kappa shape index (κ3) is 6.70. The summed E-state index contributed by atoms with van der Waals surface area (Å²) in [7, 11) is 0. The fourth-order valence-electron chi connectivity index (χ4n) is 5.50. The average molecular weight is 494 g/mol. The molecule has 2 aliphatic rings. The van der Waals surface area contributed by atoms with Crippen molar-refractivity contribution in [2.45, 2.75) is 103 Å². The number of hydrogen-bond acceptors (Lipinski definition) is 6. The van der Waals surface area contributed by atoms with Gasteiger partial charge in [0.25, 0.3) is 0 Å². The number of nitrogens with zero attached hydrogens (tertiary/aromatic N) is 4. The molecule has 0 radical (unpaired) electrons. The predicted molar refractivity (Wildman–Crippen MR) is 150 cm³/mol. The summed E-state index contributed by atoms with van der Waals surface area (Å²) in [5.41, 5.74) is 3.19. The van der Waals surface area contributed by atoms with Gasteiger partial charge in [-0.05, 0) is 59.3 Å². The molecule has 2 N–H and O–H groups in total. The van der Waals surface area contributed by atoms with Crippen LogP contribution in [0.3, 0.4) is 0 Å². The fourth-order valence-corrected chi connectivity index (χ4v) is 5.50. The minimum absolute atomic E-state index is 0.0983. The maximum absolute atomic E-state index is 11.0. The molecule has 1 aromatic carbocycles. The quantitative estimate of drug-likeness (QED) is 0.514. The molecule has 2 aromatic rings. The van der Waals surface area contributed by atoms with Gasteiger partial charge in [-0.25, -0.2) is 4.98 Å². The van der Waals surface area contributed by atoms with Crippen LogP contribution in [-0.2, 0) is 17.4 Å². The first kappa shape index (κ1) is 26.7. The molecule has 4 rings (SSSR count). The van der Waals surface area contributed by atoms with Crippen LogP contribution >= 0.6 is 0 Å². The van der Waals surface area contributed by atoms with E-state index in [1.165, 1.54) is 31.2 Å². The van der Waals surface area contributed by atoms with Crippen molar-refractivity contribution < 1.29 is 5.11 Å². The van der Waals surface area contributed by atoms with Crippen molar-refractivity contribution in [3.63, 3.8) is 0 Å². The van der Waals surface area contributed by atoms with Gasteiger partial charge in [-0.15, -0.1) is 0 Å². The van der Waals surface area contributed by atoms with E-state index in [2.05, 4.69) is 79.8 Å². The second-order valence-corrected chi connectivity index (χ2v) is 12.9. The highest BCUT2D eigenvalue weighted by Crippen LogP contribution is 2.40. The lowest BCUT2D eigenvalue weighted by Crippen LogP contribution is -2.39. The largest absolute Gasteiger partial charge is 0.507 e. The summed E-state index contributed by atoms with van der Waals surface area (Å²) < 4.78 is 0. The number of hydrogen-bond donors (Lipinski definition) is 2. The summed E-state index contributed by atoms with van der Waals surface area (Å²) in [5, 5.41) is 14.7. The molecule has 1 aromatic heterocycles. The number of aromatic hydroxyl groups is 1. The molecule has 198 valence electrons. The number of phenols is 1. The van der Waals surface area contributed by atoms with Gasteiger partial charge in [0.1, 0.15) is 11.6 Å². The summed E-state index contributed by atoms with van der Waals surface area (Å²) in [4.78, 5) is 14.3. The minimum Gasteiger partial charge on any atom is -0.507 e. The van der Waals surface area contributed by atoms with Gasteiger partial charge in [-0.1, -0.05) is 66.5 Å². The topological polar surface area (TPSA) is 64.5 Å². The lowest BCUT2D eigenvalue weighted by Gasteiger charge is -2.34. The van der Waals surface area contributed by atoms with Gasteiger partial charge < -0.3 is 15.3 Å². The van der Waals surface area contributed by atoms with Crippen molar-refractivity contribution in [2.75, 3.05) is 36.4 Å². The van der Waals surface area contributed by atoms with Crippen LogP contribution in [0.25, 0.3) is 0 Å². The molecule has 0 amide bonds. The van der Waals surface area contributed by atoms with E-state index >= 15 is 0 Å². The van der Waals surface area contributed by atoms with E-state index in [0.29, 0.717) is 11.8 Å². The van der Waals surface area contributed by atoms with Crippen molar-refractivity contribution in [3.8, 4) is 5.75 Å². The number of phenolic OH excluding ortho intramolecular Hbond substituents is 1. The summed E-state index contributed by atoms with van der Waals surface area (Å²) in [5.74, 6) is 2.28. The summed E-state index contributed by atoms with van der Waals surface area (Å²) >= 11 is 0. The number of nitrogens with one attached hydrogen (secondary N) is 1. The second-order valence-electron chi connectivity index (χ2n) is 12.9. The monoisotopic (exact) mass is 493 g/mol. The molecule has 6 heteroatoms. The molecule has 2 aliphatic heterocycles. The van der Waals surface area contributed by atoms with Crippen molar-refractivity contribution in [1.82, 2.24) is 14.9 Å². The maximum atomic E-state index is 11.0. The Balaban J connectivity index is 1.38. The van der Waals surface area contributed by atoms with Crippen LogP contribution in [0.2, 0.25) is 0 Å². The number of benzene rings is 1. The van der Waals surface area contributed by atoms with Gasteiger partial charge >= 0.3 is 0 Å². The van der Waals surface area contributed by atoms with Gasteiger partial charge in [-0.2, -0.15) is 4.98 Å². The molecule has 0 bridgehead atoms. The lowest BCUT2D eigenvalue weighted by molar-refractivity contribution is 0.210. The van der Waals surface area contributed by atoms with E-state index < -0.39 is 0 Å². The van der Waals surface area contributed by atoms with E-state index in [0.717, 1.165) is 68.5 Å². The molecular weight excluding hydrogens is 446 g/mol. The predicted octanol–water partition coefficient (Wildman–Crippen LogP) is 6.23. The Morgan fingerprint density at radius 2 is 1.47 bits per heavy atom. The number of rotatable bonds is 5. The molecule has 0 atom stereocenters. The second kappa shape index (κ2) is 11.0. The van der Waals surface area contributed by atoms with E-state index in [1.807, 2.05) is 6.20 Å². The van der Waals surface area contributed by atoms with Crippen LogP contribution in [0.4, 0.5) is 11.8 Å². The van der Waals surface area contributed by atoms with Crippen molar-refractivity contribution in [2.24, 2.45) is 0 Å². The Morgan fingerprint density at radius 1 is 0.889 bits per heavy atom. The van der Waals surface area contributed by atoms with Gasteiger partial charge in [0.05, 0.1) is 0 Å². The Morgan fingerprint density at radius 3 is 2.03 bits per heavy atom. The van der Waals surface area contributed by atoms with Crippen molar-refractivity contribution >= 4 is 11.8 Å². The first-order valence-corrected chi connectivity index (χ1v) is 13.9. The third-order valence-electron chi connectivity index (χ3n) is 7.68. The van der Waals surface area contributed by atoms with Crippen LogP contribution in [0.5, 0.6) is 5.75 Å². The first-order chi connectivity index (χ1) is 17.0. The highest BCUT2D eigenvalue weighted by Gasteiger charge is 2.27. The van der Waals surface area contributed by atoms with Gasteiger partial charge in [0, 0.05) is 45.0 Å². The zero-order valence-electron chi connectivity index (χ0n) is 23.4. The van der Waals surface area contributed by atoms with E-state index in [-0.39, 0.29) is 10.8 Å². The van der Waals surface area contributed by atoms with E-state index in [9.17, 15) is 5.11 Å². The lowest BCUT2D eigenvalue weighted by atomic mass is 9.78. The number of aromatic nitrogens is 2. The number of anilines is 2. The maximum Gasteiger partial charge on any atom is 0.224 e. The molecule has 2 saturated heterocycles. The van der Waals surface area contributed by atoms with Crippen LogP contribution in [-0.4, -0.2) is 52.2 Å². The highest BCUT2D eigenvalue weighted by molar-refractivity contribution is 5.50. The van der Waals surface area contributed by atoms with Crippen molar-refractivity contribution in [1.29, 1.82) is 0 Å². The molecule has 6 nitrogen and oxygen atoms in total. The third-order valence-corrected chi connectivity index (χ3v) is 7.68. The van der Waals surface area contributed by atoms with Crippen LogP contribution in [0, 0.1) is 0 Å². The number of piperidine rings is 1. The first-order valence-electron chi connectivity index (χ1n) is 13.9. The summed E-state index contributed by atoms with van der Waals surface area (Å²) in [6.45, 7) is 18.3. The normalized spacial score (nSPS) is 18.8. The SMILES string of the molecule is CC(C)(C)c1cc(CN2CCC(Nc3nccc(N4CCCCCC4)n3)CC2)cc(C(C)(C)C)c1O. The number of likely N-dealkylation sites (tertiary alicyclic amines) is 1. The summed E-state index contributed by atoms with van der Waals surface area (Å²) in [6, 6.07) is 6.89. The molecule has 0 saturated carbocycles. The zero-order valence-corrected chi connectivity index (χ0v) is 23.4. The molecule has 0 spiro atoms. The highest BCUT2D eigenvalue weighted by atomic mass is 16.3. The molecule has 36 heavy (non-hydrogen) atoms. The van der Waals surface area contributed by atoms with E-state index in [4.69, 9.17) is 4.98 Å². The van der Waals surface area contributed by atoms with Gasteiger partial charge in [0.15, 0.2) is 0 Å². The standard InChI is InChI=1S/C30H47N5O/c1-29(2,3)24-19-22(20-25(27(24)36)30(4,5)6)21-34-17-12-23(13-18-34)32-28-31-14-11-26(33-28)35-15-9-7-8-10-16-35/h11,14,19-20,23,36H,7-10,12-13,15-18,21H2,1-6H3,(H,31,32,33). The molecule has 0 unspecified atom stereocenters. The Bertz CT molecular complexity index is 972. The van der Waals surface area contributed by atoms with Crippen LogP contribution in [0.15, 0.2) is 24.4 Å². The van der Waals surface area contributed by atoms with Crippen molar-refractivity contribution in [3.05, 3.63) is 41.1 Å². The van der Waals surface area contributed by atoms with Gasteiger partial charge in [0.2, 0.25) is 5.95 Å². The molecule has 2 fully saturated rings. The Hall–Kier alpha value is -2.34. The molecule has 3 heterocycles. The summed E-state index contributed by atoms with van der Waals surface area (Å²) in [6.07, 6.45) is 9.20. The molecular formula is C30H47N5O. The van der Waals surface area contributed by atoms with Crippen LogP contribution in [0.1, 0.15) is 96.8 Å². The zero-order chi connectivity index (χ0) is 25.9. The molecule has 0 aliphatic carbocycles. The fraction of sp³-hybridized carbons (Fsp3) is 0.667. The Labute approximate surface area is 218 Å².